The minimum atomic E-state index is -0.174. The summed E-state index contributed by atoms with van der Waals surface area (Å²) in [5.74, 6) is 1.77. The number of aliphatic imine (C=N–C) groups is 1. The Bertz CT molecular complexity index is 918. The Morgan fingerprint density at radius 3 is 2.32 bits per heavy atom. The molecule has 2 aromatic rings. The first-order valence-corrected chi connectivity index (χ1v) is 10.6. The minimum Gasteiger partial charge on any atom is -0.341 e. The van der Waals surface area contributed by atoms with Gasteiger partial charge in [-0.1, -0.05) is 37.3 Å². The van der Waals surface area contributed by atoms with E-state index >= 15 is 0 Å². The second-order valence-electron chi connectivity index (χ2n) is 8.52. The van der Waals surface area contributed by atoms with Crippen LogP contribution in [0.4, 0.5) is 11.4 Å². The van der Waals surface area contributed by atoms with Gasteiger partial charge in [-0.05, 0) is 93.4 Å². The summed E-state index contributed by atoms with van der Waals surface area (Å²) in [6.45, 7) is 8.79. The lowest BCUT2D eigenvalue weighted by atomic mass is 9.75. The number of anilines is 2. The number of rotatable bonds is 2. The number of thiocarbonyl (C=S) groups is 1. The molecule has 0 aromatic heterocycles. The van der Waals surface area contributed by atoms with Crippen LogP contribution in [0.2, 0.25) is 0 Å². The number of para-hydroxylation sites is 1. The maximum Gasteiger partial charge on any atom is 0.202 e. The molecule has 28 heavy (non-hydrogen) atoms. The molecule has 1 spiro atoms. The lowest BCUT2D eigenvalue weighted by Crippen LogP contribution is -2.55. The molecule has 0 unspecified atom stereocenters. The van der Waals surface area contributed by atoms with Crippen LogP contribution < -0.4 is 10.2 Å². The Kier molecular flexibility index (Phi) is 5.00. The SMILES string of the molecule is Cc1cccc(N2C(=S)N=C(Nc3c(C)cccc3C)C23CCC(C)CC3)c1. The molecule has 0 atom stereocenters. The molecule has 1 heterocycles. The van der Waals surface area contributed by atoms with Crippen LogP contribution >= 0.6 is 12.2 Å². The van der Waals surface area contributed by atoms with Crippen molar-refractivity contribution in [2.24, 2.45) is 10.9 Å². The molecule has 1 N–H and O–H groups in total. The van der Waals surface area contributed by atoms with E-state index in [-0.39, 0.29) is 5.54 Å². The van der Waals surface area contributed by atoms with Crippen LogP contribution in [0.3, 0.4) is 0 Å². The number of amidine groups is 1. The minimum absolute atomic E-state index is 0.174. The molecule has 2 aromatic carbocycles. The van der Waals surface area contributed by atoms with Crippen molar-refractivity contribution < 1.29 is 0 Å². The standard InChI is InChI=1S/C24H29N3S/c1-16-11-13-24(14-12-16)22(25-21-18(3)8-6-9-19(21)4)26-23(28)27(24)20-10-5-7-17(2)15-20/h5-10,15-16H,11-14H2,1-4H3,(H,25,26,28). The zero-order chi connectivity index (χ0) is 19.9. The average Bonchev–Trinajstić information content (AvgIpc) is 2.92. The predicted molar refractivity (Wildman–Crippen MR) is 124 cm³/mol. The molecule has 0 bridgehead atoms. The Hall–Kier alpha value is -2.20. The number of aryl methyl sites for hydroxylation is 3. The van der Waals surface area contributed by atoms with E-state index in [4.69, 9.17) is 17.2 Å². The van der Waals surface area contributed by atoms with Gasteiger partial charge in [0.05, 0.1) is 0 Å². The number of hydrogen-bond acceptors (Lipinski definition) is 2. The molecule has 1 aliphatic carbocycles. The van der Waals surface area contributed by atoms with Crippen molar-refractivity contribution in [1.29, 1.82) is 0 Å². The second-order valence-corrected chi connectivity index (χ2v) is 8.89. The molecule has 1 aliphatic heterocycles. The van der Waals surface area contributed by atoms with E-state index in [9.17, 15) is 0 Å². The van der Waals surface area contributed by atoms with E-state index in [1.807, 2.05) is 0 Å². The summed E-state index contributed by atoms with van der Waals surface area (Å²) >= 11 is 5.81. The van der Waals surface area contributed by atoms with Gasteiger partial charge in [0, 0.05) is 11.4 Å². The van der Waals surface area contributed by atoms with Crippen molar-refractivity contribution in [3.8, 4) is 0 Å². The smallest absolute Gasteiger partial charge is 0.202 e. The number of benzene rings is 2. The van der Waals surface area contributed by atoms with Crippen molar-refractivity contribution in [2.75, 3.05) is 10.2 Å². The first-order valence-electron chi connectivity index (χ1n) is 10.2. The van der Waals surface area contributed by atoms with Crippen molar-refractivity contribution in [2.45, 2.75) is 58.9 Å². The Morgan fingerprint density at radius 1 is 1.04 bits per heavy atom. The third-order valence-corrected chi connectivity index (χ3v) is 6.63. The summed E-state index contributed by atoms with van der Waals surface area (Å²) in [6, 6.07) is 15.0. The molecule has 0 radical (unpaired) electrons. The van der Waals surface area contributed by atoms with E-state index in [2.05, 4.69) is 80.4 Å². The monoisotopic (exact) mass is 391 g/mol. The van der Waals surface area contributed by atoms with Crippen molar-refractivity contribution in [3.63, 3.8) is 0 Å². The van der Waals surface area contributed by atoms with E-state index in [1.165, 1.54) is 29.5 Å². The topological polar surface area (TPSA) is 27.6 Å². The van der Waals surface area contributed by atoms with Crippen LogP contribution in [-0.4, -0.2) is 16.5 Å². The van der Waals surface area contributed by atoms with Gasteiger partial charge in [0.2, 0.25) is 5.11 Å². The Morgan fingerprint density at radius 2 is 1.68 bits per heavy atom. The van der Waals surface area contributed by atoms with Gasteiger partial charge in [-0.2, -0.15) is 0 Å². The molecule has 1 saturated carbocycles. The van der Waals surface area contributed by atoms with E-state index in [0.717, 1.165) is 36.0 Å². The molecule has 146 valence electrons. The fraction of sp³-hybridized carbons (Fsp3) is 0.417. The molecular weight excluding hydrogens is 362 g/mol. The molecular formula is C24H29N3S. The van der Waals surface area contributed by atoms with Gasteiger partial charge in [0.15, 0.2) is 0 Å². The third-order valence-electron chi connectivity index (χ3n) is 6.35. The fourth-order valence-electron chi connectivity index (χ4n) is 4.64. The lowest BCUT2D eigenvalue weighted by molar-refractivity contribution is 0.311. The molecule has 4 rings (SSSR count). The van der Waals surface area contributed by atoms with Crippen LogP contribution in [0.5, 0.6) is 0 Å². The van der Waals surface area contributed by atoms with E-state index < -0.39 is 0 Å². The van der Waals surface area contributed by atoms with E-state index in [0.29, 0.717) is 5.11 Å². The van der Waals surface area contributed by atoms with Crippen LogP contribution in [0.15, 0.2) is 47.5 Å². The summed E-state index contributed by atoms with van der Waals surface area (Å²) in [6.07, 6.45) is 4.52. The molecule has 0 saturated heterocycles. The highest BCUT2D eigenvalue weighted by Crippen LogP contribution is 2.44. The summed E-state index contributed by atoms with van der Waals surface area (Å²) < 4.78 is 0. The van der Waals surface area contributed by atoms with Gasteiger partial charge in [-0.25, -0.2) is 4.99 Å². The van der Waals surface area contributed by atoms with Crippen LogP contribution in [0, 0.1) is 26.7 Å². The van der Waals surface area contributed by atoms with E-state index in [1.54, 1.807) is 0 Å². The predicted octanol–water partition coefficient (Wildman–Crippen LogP) is 6.18. The third kappa shape index (κ3) is 3.24. The number of nitrogens with one attached hydrogen (secondary N) is 1. The van der Waals surface area contributed by atoms with Gasteiger partial charge in [0.1, 0.15) is 11.4 Å². The zero-order valence-electron chi connectivity index (χ0n) is 17.2. The quantitative estimate of drug-likeness (QED) is 0.620. The van der Waals surface area contributed by atoms with Gasteiger partial charge in [-0.3, -0.25) is 0 Å². The summed E-state index contributed by atoms with van der Waals surface area (Å²) in [7, 11) is 0. The van der Waals surface area contributed by atoms with Gasteiger partial charge in [-0.15, -0.1) is 0 Å². The molecule has 2 aliphatic rings. The van der Waals surface area contributed by atoms with Crippen LogP contribution in [0.1, 0.15) is 49.3 Å². The molecule has 0 amide bonds. The van der Waals surface area contributed by atoms with Crippen molar-refractivity contribution in [1.82, 2.24) is 0 Å². The van der Waals surface area contributed by atoms with Crippen molar-refractivity contribution in [3.05, 3.63) is 59.2 Å². The summed E-state index contributed by atoms with van der Waals surface area (Å²) in [5.41, 5.74) is 5.86. The Balaban J connectivity index is 1.77. The van der Waals surface area contributed by atoms with Gasteiger partial charge >= 0.3 is 0 Å². The van der Waals surface area contributed by atoms with Gasteiger partial charge < -0.3 is 10.2 Å². The fourth-order valence-corrected chi connectivity index (χ4v) is 5.01. The van der Waals surface area contributed by atoms with Crippen molar-refractivity contribution >= 4 is 34.5 Å². The largest absolute Gasteiger partial charge is 0.341 e. The normalized spacial score (nSPS) is 24.6. The summed E-state index contributed by atoms with van der Waals surface area (Å²) in [4.78, 5) is 7.24. The summed E-state index contributed by atoms with van der Waals surface area (Å²) in [5, 5.41) is 4.39. The first-order chi connectivity index (χ1) is 13.4. The lowest BCUT2D eigenvalue weighted by Gasteiger charge is -2.44. The molecule has 1 fully saturated rings. The maximum atomic E-state index is 5.81. The highest BCUT2D eigenvalue weighted by Gasteiger charge is 2.50. The maximum absolute atomic E-state index is 5.81. The van der Waals surface area contributed by atoms with Crippen LogP contribution in [0.25, 0.3) is 0 Å². The zero-order valence-corrected chi connectivity index (χ0v) is 18.1. The number of nitrogens with zero attached hydrogens (tertiary/aromatic N) is 2. The highest BCUT2D eigenvalue weighted by atomic mass is 32.1. The first kappa shape index (κ1) is 19.1. The highest BCUT2D eigenvalue weighted by molar-refractivity contribution is 7.80. The molecule has 3 nitrogen and oxygen atoms in total. The van der Waals surface area contributed by atoms with Crippen LogP contribution in [-0.2, 0) is 0 Å². The Labute approximate surface area is 173 Å². The molecule has 4 heteroatoms. The average molecular weight is 392 g/mol. The number of hydrogen-bond donors (Lipinski definition) is 1. The van der Waals surface area contributed by atoms with Gasteiger partial charge in [0.25, 0.3) is 0 Å². The second kappa shape index (κ2) is 7.32.